The minimum Gasteiger partial charge on any atom is -0.352 e. The van der Waals surface area contributed by atoms with Crippen molar-refractivity contribution in [3.63, 3.8) is 0 Å². The summed E-state index contributed by atoms with van der Waals surface area (Å²) in [6, 6.07) is 25.0. The lowest BCUT2D eigenvalue weighted by atomic mass is 9.97. The maximum atomic E-state index is 5.59. The average molecular weight is 425 g/mol. The van der Waals surface area contributed by atoms with Crippen LogP contribution in [-0.2, 0) is 0 Å². The lowest BCUT2D eigenvalue weighted by Gasteiger charge is -2.22. The molecule has 0 heterocycles. The summed E-state index contributed by atoms with van der Waals surface area (Å²) < 4.78 is 1.09. The summed E-state index contributed by atoms with van der Waals surface area (Å²) in [5.74, 6) is 0. The van der Waals surface area contributed by atoms with Crippen LogP contribution in [0.2, 0.25) is 0 Å². The molecule has 0 aliphatic carbocycles. The number of rotatable bonds is 4. The van der Waals surface area contributed by atoms with Crippen LogP contribution in [0, 0.1) is 13.8 Å². The van der Waals surface area contributed by atoms with E-state index in [2.05, 4.69) is 82.9 Å². The Morgan fingerprint density at radius 3 is 2.31 bits per heavy atom. The molecule has 3 aromatic rings. The first-order valence-corrected chi connectivity index (χ1v) is 9.68. The zero-order valence-electron chi connectivity index (χ0n) is 14.8. The highest BCUT2D eigenvalue weighted by molar-refractivity contribution is 9.10. The lowest BCUT2D eigenvalue weighted by Crippen LogP contribution is -2.33. The number of aryl methyl sites for hydroxylation is 2. The summed E-state index contributed by atoms with van der Waals surface area (Å²) in [5, 5.41) is 7.36. The van der Waals surface area contributed by atoms with E-state index in [1.807, 2.05) is 30.3 Å². The molecule has 3 aromatic carbocycles. The standard InChI is InChI=1S/C22H21BrN2S/c1-15-7-6-10-18(13-15)21(17-8-4-3-5-9-17)25-22(26)24-19-11-12-20(23)16(2)14-19/h3-14,21H,1-2H3,(H2,24,25,26)/t21-/m1/s1. The molecule has 0 aromatic heterocycles. The van der Waals surface area contributed by atoms with Crippen LogP contribution in [-0.4, -0.2) is 5.11 Å². The minimum absolute atomic E-state index is 0.00681. The molecular formula is C22H21BrN2S. The second-order valence-corrected chi connectivity index (χ2v) is 7.58. The van der Waals surface area contributed by atoms with E-state index < -0.39 is 0 Å². The number of hydrogen-bond donors (Lipinski definition) is 2. The molecule has 132 valence electrons. The summed E-state index contributed by atoms with van der Waals surface area (Å²) in [7, 11) is 0. The Labute approximate surface area is 168 Å². The van der Waals surface area contributed by atoms with E-state index in [1.54, 1.807) is 0 Å². The first-order chi connectivity index (χ1) is 12.5. The van der Waals surface area contributed by atoms with Gasteiger partial charge in [-0.15, -0.1) is 0 Å². The molecule has 0 aliphatic heterocycles. The van der Waals surface area contributed by atoms with Crippen molar-refractivity contribution in [2.24, 2.45) is 0 Å². The Morgan fingerprint density at radius 1 is 0.885 bits per heavy atom. The summed E-state index contributed by atoms with van der Waals surface area (Å²) >= 11 is 9.11. The molecular weight excluding hydrogens is 404 g/mol. The Balaban J connectivity index is 1.83. The van der Waals surface area contributed by atoms with Gasteiger partial charge in [0.2, 0.25) is 0 Å². The molecule has 0 bridgehead atoms. The van der Waals surface area contributed by atoms with Gasteiger partial charge >= 0.3 is 0 Å². The molecule has 0 saturated carbocycles. The van der Waals surface area contributed by atoms with Crippen LogP contribution in [0.5, 0.6) is 0 Å². The maximum Gasteiger partial charge on any atom is 0.171 e. The minimum atomic E-state index is -0.00681. The zero-order valence-corrected chi connectivity index (χ0v) is 17.2. The van der Waals surface area contributed by atoms with Gasteiger partial charge in [-0.1, -0.05) is 76.1 Å². The van der Waals surface area contributed by atoms with Gasteiger partial charge < -0.3 is 10.6 Å². The first-order valence-electron chi connectivity index (χ1n) is 8.48. The van der Waals surface area contributed by atoms with Gasteiger partial charge in [-0.25, -0.2) is 0 Å². The normalized spacial score (nSPS) is 11.7. The van der Waals surface area contributed by atoms with Gasteiger partial charge in [-0.3, -0.25) is 0 Å². The van der Waals surface area contributed by atoms with Crippen molar-refractivity contribution in [3.8, 4) is 0 Å². The van der Waals surface area contributed by atoms with Crippen molar-refractivity contribution in [1.29, 1.82) is 0 Å². The van der Waals surface area contributed by atoms with Crippen LogP contribution in [0.3, 0.4) is 0 Å². The van der Waals surface area contributed by atoms with Crippen molar-refractivity contribution in [1.82, 2.24) is 5.32 Å². The zero-order chi connectivity index (χ0) is 18.5. The number of anilines is 1. The third-order valence-electron chi connectivity index (χ3n) is 4.20. The molecule has 1 atom stereocenters. The molecule has 0 spiro atoms. The number of halogens is 1. The summed E-state index contributed by atoms with van der Waals surface area (Å²) in [6.07, 6.45) is 0. The van der Waals surface area contributed by atoms with Gasteiger partial charge in [0.05, 0.1) is 6.04 Å². The van der Waals surface area contributed by atoms with Crippen LogP contribution in [0.1, 0.15) is 28.3 Å². The van der Waals surface area contributed by atoms with E-state index in [9.17, 15) is 0 Å². The predicted molar refractivity (Wildman–Crippen MR) is 118 cm³/mol. The molecule has 0 radical (unpaired) electrons. The average Bonchev–Trinajstić information content (AvgIpc) is 2.63. The summed E-state index contributed by atoms with van der Waals surface area (Å²) in [5.41, 5.74) is 5.73. The highest BCUT2D eigenvalue weighted by Crippen LogP contribution is 2.24. The highest BCUT2D eigenvalue weighted by Gasteiger charge is 2.15. The molecule has 0 amide bonds. The number of thiocarbonyl (C=S) groups is 1. The van der Waals surface area contributed by atoms with Gasteiger partial charge in [-0.05, 0) is 61.0 Å². The third kappa shape index (κ3) is 4.71. The fourth-order valence-electron chi connectivity index (χ4n) is 2.88. The Hall–Kier alpha value is -2.17. The van der Waals surface area contributed by atoms with E-state index in [4.69, 9.17) is 12.2 Å². The molecule has 0 saturated heterocycles. The van der Waals surface area contributed by atoms with Crippen LogP contribution in [0.15, 0.2) is 77.3 Å². The fraction of sp³-hybridized carbons (Fsp3) is 0.136. The van der Waals surface area contributed by atoms with E-state index in [0.29, 0.717) is 5.11 Å². The van der Waals surface area contributed by atoms with E-state index in [-0.39, 0.29) is 6.04 Å². The second kappa shape index (κ2) is 8.47. The molecule has 2 N–H and O–H groups in total. The predicted octanol–water partition coefficient (Wildman–Crippen LogP) is 6.14. The third-order valence-corrected chi connectivity index (χ3v) is 5.31. The van der Waals surface area contributed by atoms with Crippen molar-refractivity contribution in [2.45, 2.75) is 19.9 Å². The lowest BCUT2D eigenvalue weighted by molar-refractivity contribution is 0.768. The molecule has 0 aliphatic rings. The van der Waals surface area contributed by atoms with Crippen molar-refractivity contribution in [3.05, 3.63) is 99.5 Å². The topological polar surface area (TPSA) is 24.1 Å². The highest BCUT2D eigenvalue weighted by atomic mass is 79.9. The second-order valence-electron chi connectivity index (χ2n) is 6.32. The van der Waals surface area contributed by atoms with Crippen molar-refractivity contribution >= 4 is 38.9 Å². The largest absolute Gasteiger partial charge is 0.352 e. The maximum absolute atomic E-state index is 5.59. The van der Waals surface area contributed by atoms with Crippen LogP contribution in [0.4, 0.5) is 5.69 Å². The number of benzene rings is 3. The van der Waals surface area contributed by atoms with Crippen LogP contribution in [0.25, 0.3) is 0 Å². The Bertz CT molecular complexity index is 909. The molecule has 4 heteroatoms. The monoisotopic (exact) mass is 424 g/mol. The van der Waals surface area contributed by atoms with Crippen molar-refractivity contribution < 1.29 is 0 Å². The summed E-state index contributed by atoms with van der Waals surface area (Å²) in [6.45, 7) is 4.16. The molecule has 2 nitrogen and oxygen atoms in total. The van der Waals surface area contributed by atoms with Crippen LogP contribution < -0.4 is 10.6 Å². The Kier molecular flexibility index (Phi) is 6.07. The van der Waals surface area contributed by atoms with E-state index in [0.717, 1.165) is 15.7 Å². The first kappa shape index (κ1) is 18.6. The van der Waals surface area contributed by atoms with Crippen molar-refractivity contribution in [2.75, 3.05) is 5.32 Å². The molecule has 0 unspecified atom stereocenters. The molecule has 26 heavy (non-hydrogen) atoms. The molecule has 0 fully saturated rings. The number of hydrogen-bond acceptors (Lipinski definition) is 1. The number of nitrogens with one attached hydrogen (secondary N) is 2. The van der Waals surface area contributed by atoms with Gasteiger partial charge in [0.25, 0.3) is 0 Å². The SMILES string of the molecule is Cc1cccc([C@H](NC(=S)Nc2ccc(Br)c(C)c2)c2ccccc2)c1. The Morgan fingerprint density at radius 2 is 1.62 bits per heavy atom. The van der Waals surface area contributed by atoms with E-state index in [1.165, 1.54) is 16.7 Å². The van der Waals surface area contributed by atoms with Gasteiger partial charge in [-0.2, -0.15) is 0 Å². The van der Waals surface area contributed by atoms with E-state index >= 15 is 0 Å². The molecule has 3 rings (SSSR count). The smallest absolute Gasteiger partial charge is 0.171 e. The fourth-order valence-corrected chi connectivity index (χ4v) is 3.36. The van der Waals surface area contributed by atoms with Gasteiger partial charge in [0.15, 0.2) is 5.11 Å². The van der Waals surface area contributed by atoms with Crippen LogP contribution >= 0.6 is 28.1 Å². The quantitative estimate of drug-likeness (QED) is 0.491. The summed E-state index contributed by atoms with van der Waals surface area (Å²) in [4.78, 5) is 0. The van der Waals surface area contributed by atoms with Gasteiger partial charge in [0, 0.05) is 10.2 Å². The van der Waals surface area contributed by atoms with Gasteiger partial charge in [0.1, 0.15) is 0 Å².